The molecule has 0 spiro atoms. The molecule has 0 N–H and O–H groups in total. The molecule has 0 aliphatic carbocycles. The van der Waals surface area contributed by atoms with E-state index in [-0.39, 0.29) is 6.54 Å². The summed E-state index contributed by atoms with van der Waals surface area (Å²) in [5.41, 5.74) is 3.20. The van der Waals surface area contributed by atoms with Gasteiger partial charge < -0.3 is 4.74 Å². The quantitative estimate of drug-likeness (QED) is 0.493. The lowest BCUT2D eigenvalue weighted by atomic mass is 10.0. The molecule has 4 rings (SSSR count). The van der Waals surface area contributed by atoms with Crippen LogP contribution in [-0.4, -0.2) is 29.9 Å². The SMILES string of the molecule is COc1ccc(N2C(=O)C(=O)N(Cc3ccc(-c4ccccc4)cc3)C2=O)cc1. The molecular weight excluding hydrogens is 368 g/mol. The van der Waals surface area contributed by atoms with Gasteiger partial charge in [-0.25, -0.2) is 9.69 Å². The predicted octanol–water partition coefficient (Wildman–Crippen LogP) is 3.86. The minimum Gasteiger partial charge on any atom is -0.497 e. The molecule has 0 aromatic heterocycles. The zero-order chi connectivity index (χ0) is 20.4. The van der Waals surface area contributed by atoms with Gasteiger partial charge in [0.25, 0.3) is 0 Å². The lowest BCUT2D eigenvalue weighted by Crippen LogP contribution is -2.33. The molecule has 4 amide bonds. The Labute approximate surface area is 167 Å². The van der Waals surface area contributed by atoms with E-state index in [2.05, 4.69) is 0 Å². The highest BCUT2D eigenvalue weighted by Crippen LogP contribution is 2.26. The second-order valence-corrected chi connectivity index (χ2v) is 6.58. The number of nitrogens with zero attached hydrogens (tertiary/aromatic N) is 2. The first kappa shape index (κ1) is 18.4. The first-order valence-corrected chi connectivity index (χ1v) is 9.07. The van der Waals surface area contributed by atoms with Crippen LogP contribution in [0, 0.1) is 0 Å². The van der Waals surface area contributed by atoms with E-state index in [1.54, 1.807) is 24.3 Å². The number of ether oxygens (including phenoxy) is 1. The van der Waals surface area contributed by atoms with Crippen LogP contribution in [0.5, 0.6) is 5.75 Å². The van der Waals surface area contributed by atoms with Crippen molar-refractivity contribution in [2.75, 3.05) is 12.0 Å². The van der Waals surface area contributed by atoms with Crippen LogP contribution in [0.15, 0.2) is 78.9 Å². The Kier molecular flexibility index (Phi) is 4.83. The number of carbonyl (C=O) groups excluding carboxylic acids is 3. The van der Waals surface area contributed by atoms with Crippen molar-refractivity contribution >= 4 is 23.5 Å². The number of hydrogen-bond donors (Lipinski definition) is 0. The number of carbonyl (C=O) groups is 3. The molecule has 0 bridgehead atoms. The maximum atomic E-state index is 12.8. The highest BCUT2D eigenvalue weighted by molar-refractivity contribution is 6.52. The molecule has 6 nitrogen and oxygen atoms in total. The minimum atomic E-state index is -0.860. The van der Waals surface area contributed by atoms with E-state index in [9.17, 15) is 14.4 Å². The number of imide groups is 2. The van der Waals surface area contributed by atoms with Gasteiger partial charge >= 0.3 is 17.8 Å². The maximum absolute atomic E-state index is 12.8. The smallest absolute Gasteiger partial charge is 0.339 e. The fraction of sp³-hybridized carbons (Fsp3) is 0.0870. The van der Waals surface area contributed by atoms with E-state index in [0.29, 0.717) is 11.4 Å². The molecule has 0 atom stereocenters. The van der Waals surface area contributed by atoms with E-state index in [0.717, 1.165) is 26.5 Å². The summed E-state index contributed by atoms with van der Waals surface area (Å²) in [7, 11) is 1.52. The van der Waals surface area contributed by atoms with Gasteiger partial charge in [0, 0.05) is 0 Å². The van der Waals surface area contributed by atoms with Crippen LogP contribution in [0.25, 0.3) is 11.1 Å². The Morgan fingerprint density at radius 2 is 1.34 bits per heavy atom. The first-order chi connectivity index (χ1) is 14.1. The van der Waals surface area contributed by atoms with Crippen molar-refractivity contribution < 1.29 is 19.1 Å². The fourth-order valence-corrected chi connectivity index (χ4v) is 3.22. The number of anilines is 1. The zero-order valence-corrected chi connectivity index (χ0v) is 15.7. The minimum absolute atomic E-state index is 0.0329. The van der Waals surface area contributed by atoms with Crippen molar-refractivity contribution in [3.8, 4) is 16.9 Å². The molecule has 1 aliphatic rings. The van der Waals surface area contributed by atoms with E-state index in [4.69, 9.17) is 4.74 Å². The Morgan fingerprint density at radius 1 is 0.724 bits per heavy atom. The normalized spacial score (nSPS) is 13.9. The summed E-state index contributed by atoms with van der Waals surface area (Å²) in [6, 6.07) is 23.2. The molecule has 0 radical (unpaired) electrons. The summed E-state index contributed by atoms with van der Waals surface area (Å²) in [5.74, 6) is -1.10. The van der Waals surface area contributed by atoms with Crippen LogP contribution < -0.4 is 9.64 Å². The molecule has 1 heterocycles. The second-order valence-electron chi connectivity index (χ2n) is 6.58. The molecule has 6 heteroatoms. The monoisotopic (exact) mass is 386 g/mol. The van der Waals surface area contributed by atoms with Gasteiger partial charge in [-0.3, -0.25) is 14.5 Å². The Morgan fingerprint density at radius 3 is 1.97 bits per heavy atom. The largest absolute Gasteiger partial charge is 0.497 e. The van der Waals surface area contributed by atoms with Gasteiger partial charge in [-0.05, 0) is 41.0 Å². The van der Waals surface area contributed by atoms with Crippen LogP contribution in [0.4, 0.5) is 10.5 Å². The van der Waals surface area contributed by atoms with Crippen LogP contribution in [0.3, 0.4) is 0 Å². The number of rotatable bonds is 5. The van der Waals surface area contributed by atoms with Crippen LogP contribution >= 0.6 is 0 Å². The number of amides is 4. The van der Waals surface area contributed by atoms with Crippen molar-refractivity contribution in [2.45, 2.75) is 6.54 Å². The van der Waals surface area contributed by atoms with Gasteiger partial charge in [-0.2, -0.15) is 0 Å². The topological polar surface area (TPSA) is 66.9 Å². The molecule has 29 heavy (non-hydrogen) atoms. The van der Waals surface area contributed by atoms with Crippen molar-refractivity contribution in [3.05, 3.63) is 84.4 Å². The molecule has 3 aromatic rings. The molecule has 3 aromatic carbocycles. The number of urea groups is 1. The predicted molar refractivity (Wildman–Crippen MR) is 108 cm³/mol. The summed E-state index contributed by atoms with van der Waals surface area (Å²) >= 11 is 0. The maximum Gasteiger partial charge on any atom is 0.339 e. The van der Waals surface area contributed by atoms with Gasteiger partial charge in [-0.15, -0.1) is 0 Å². The summed E-state index contributed by atoms with van der Waals surface area (Å²) in [6.45, 7) is 0.0329. The summed E-state index contributed by atoms with van der Waals surface area (Å²) < 4.78 is 5.08. The highest BCUT2D eigenvalue weighted by atomic mass is 16.5. The van der Waals surface area contributed by atoms with Crippen LogP contribution in [0.2, 0.25) is 0 Å². The Hall–Kier alpha value is -3.93. The van der Waals surface area contributed by atoms with Crippen LogP contribution in [0.1, 0.15) is 5.56 Å². The molecule has 1 fully saturated rings. The lowest BCUT2D eigenvalue weighted by molar-refractivity contribution is -0.139. The molecule has 0 saturated carbocycles. The average molecular weight is 386 g/mol. The lowest BCUT2D eigenvalue weighted by Gasteiger charge is -2.16. The van der Waals surface area contributed by atoms with E-state index >= 15 is 0 Å². The molecule has 1 aliphatic heterocycles. The third-order valence-electron chi connectivity index (χ3n) is 4.79. The Bertz CT molecular complexity index is 1060. The first-order valence-electron chi connectivity index (χ1n) is 9.07. The third-order valence-corrected chi connectivity index (χ3v) is 4.79. The Balaban J connectivity index is 1.53. The van der Waals surface area contributed by atoms with Crippen molar-refractivity contribution in [3.63, 3.8) is 0 Å². The summed E-state index contributed by atoms with van der Waals surface area (Å²) in [4.78, 5) is 39.4. The average Bonchev–Trinajstić information content (AvgIpc) is 2.98. The van der Waals surface area contributed by atoms with Gasteiger partial charge in [0.05, 0.1) is 19.3 Å². The molecule has 144 valence electrons. The molecule has 1 saturated heterocycles. The number of hydrogen-bond acceptors (Lipinski definition) is 4. The van der Waals surface area contributed by atoms with E-state index in [1.807, 2.05) is 54.6 Å². The number of benzene rings is 3. The molecule has 0 unspecified atom stereocenters. The fourth-order valence-electron chi connectivity index (χ4n) is 3.22. The molecular formula is C23H18N2O4. The van der Waals surface area contributed by atoms with Crippen LogP contribution in [-0.2, 0) is 16.1 Å². The standard InChI is InChI=1S/C23H18N2O4/c1-29-20-13-11-19(12-14-20)25-22(27)21(26)24(23(25)28)15-16-7-9-18(10-8-16)17-5-3-2-4-6-17/h2-14H,15H2,1H3. The van der Waals surface area contributed by atoms with E-state index < -0.39 is 17.8 Å². The third kappa shape index (κ3) is 3.48. The van der Waals surface area contributed by atoms with Gasteiger partial charge in [-0.1, -0.05) is 54.6 Å². The summed E-state index contributed by atoms with van der Waals surface area (Å²) in [5, 5.41) is 0. The van der Waals surface area contributed by atoms with Gasteiger partial charge in [0.1, 0.15) is 5.75 Å². The van der Waals surface area contributed by atoms with Gasteiger partial charge in [0.15, 0.2) is 0 Å². The number of methoxy groups -OCH3 is 1. The van der Waals surface area contributed by atoms with E-state index in [1.165, 1.54) is 7.11 Å². The van der Waals surface area contributed by atoms with Crippen molar-refractivity contribution in [1.29, 1.82) is 0 Å². The van der Waals surface area contributed by atoms with Crippen molar-refractivity contribution in [1.82, 2.24) is 4.90 Å². The second kappa shape index (κ2) is 7.59. The summed E-state index contributed by atoms with van der Waals surface area (Å²) in [6.07, 6.45) is 0. The van der Waals surface area contributed by atoms with Gasteiger partial charge in [0.2, 0.25) is 0 Å². The van der Waals surface area contributed by atoms with Crippen molar-refractivity contribution in [2.24, 2.45) is 0 Å². The zero-order valence-electron chi connectivity index (χ0n) is 15.7. The highest BCUT2D eigenvalue weighted by Gasteiger charge is 2.45.